The van der Waals surface area contributed by atoms with Crippen LogP contribution in [0.4, 0.5) is 0 Å². The molecule has 0 atom stereocenters. The van der Waals surface area contributed by atoms with Gasteiger partial charge < -0.3 is 14.9 Å². The Balaban J connectivity index is 2.08. The maximum absolute atomic E-state index is 11.3. The highest BCUT2D eigenvalue weighted by Crippen LogP contribution is 2.27. The normalized spacial score (nSPS) is 25.1. The van der Waals surface area contributed by atoms with Crippen molar-refractivity contribution in [1.82, 2.24) is 9.80 Å². The summed E-state index contributed by atoms with van der Waals surface area (Å²) in [4.78, 5) is 15.1. The lowest BCUT2D eigenvalue weighted by Crippen LogP contribution is -2.38. The molecule has 1 N–H and O–H groups in total. The average molecular weight is 214 g/mol. The molecule has 1 aliphatic carbocycles. The predicted octanol–water partition coefficient (Wildman–Crippen LogP) is 0.167. The van der Waals surface area contributed by atoms with E-state index in [9.17, 15) is 4.79 Å². The predicted molar refractivity (Wildman–Crippen MR) is 59.5 cm³/mol. The van der Waals surface area contributed by atoms with Crippen LogP contribution >= 0.6 is 0 Å². The molecule has 0 spiro atoms. The zero-order chi connectivity index (χ0) is 11.4. The van der Waals surface area contributed by atoms with E-state index in [1.54, 1.807) is 19.0 Å². The lowest BCUT2D eigenvalue weighted by molar-refractivity contribution is -0.129. The summed E-state index contributed by atoms with van der Waals surface area (Å²) in [7, 11) is 5.60. The van der Waals surface area contributed by atoms with Crippen LogP contribution in [0.5, 0.6) is 0 Å². The Morgan fingerprint density at radius 2 is 1.93 bits per heavy atom. The molecule has 0 saturated heterocycles. The van der Waals surface area contributed by atoms with Gasteiger partial charge in [0.2, 0.25) is 5.91 Å². The number of rotatable bonds is 5. The van der Waals surface area contributed by atoms with Crippen LogP contribution in [0.25, 0.3) is 0 Å². The van der Waals surface area contributed by atoms with E-state index in [4.69, 9.17) is 5.11 Å². The van der Waals surface area contributed by atoms with Crippen molar-refractivity contribution in [2.45, 2.75) is 25.4 Å². The third kappa shape index (κ3) is 4.18. The number of carbonyl (C=O) groups is 1. The van der Waals surface area contributed by atoms with Crippen LogP contribution in [0, 0.1) is 5.92 Å². The van der Waals surface area contributed by atoms with Crippen molar-refractivity contribution in [3.63, 3.8) is 0 Å². The van der Waals surface area contributed by atoms with Crippen LogP contribution in [0.15, 0.2) is 0 Å². The van der Waals surface area contributed by atoms with Crippen molar-refractivity contribution in [2.75, 3.05) is 34.2 Å². The standard InChI is InChI=1S/C11H22N2O2/c1-12(2)11(15)4-5-13(3)8-9-6-10(14)7-9/h9-10,14H,4-8H2,1-3H3. The second-order valence-corrected chi connectivity index (χ2v) is 4.79. The second kappa shape index (κ2) is 5.47. The molecule has 15 heavy (non-hydrogen) atoms. The molecule has 0 heterocycles. The Morgan fingerprint density at radius 3 is 2.40 bits per heavy atom. The van der Waals surface area contributed by atoms with E-state index in [2.05, 4.69) is 4.90 Å². The SMILES string of the molecule is CN(CCC(=O)N(C)C)CC1CC(O)C1. The Bertz CT molecular complexity index is 213. The minimum Gasteiger partial charge on any atom is -0.393 e. The molecule has 4 nitrogen and oxygen atoms in total. The van der Waals surface area contributed by atoms with E-state index in [0.29, 0.717) is 12.3 Å². The van der Waals surface area contributed by atoms with Crippen molar-refractivity contribution in [1.29, 1.82) is 0 Å². The van der Waals surface area contributed by atoms with Crippen LogP contribution in [-0.4, -0.2) is 61.2 Å². The van der Waals surface area contributed by atoms with Crippen molar-refractivity contribution < 1.29 is 9.90 Å². The quantitative estimate of drug-likeness (QED) is 0.709. The molecule has 1 aliphatic rings. The number of aliphatic hydroxyl groups excluding tert-OH is 1. The highest BCUT2D eigenvalue weighted by molar-refractivity contribution is 5.75. The molecule has 1 fully saturated rings. The van der Waals surface area contributed by atoms with E-state index in [-0.39, 0.29) is 12.0 Å². The zero-order valence-electron chi connectivity index (χ0n) is 9.94. The molecule has 0 bridgehead atoms. The van der Waals surface area contributed by atoms with E-state index in [1.165, 1.54) is 0 Å². The fourth-order valence-electron chi connectivity index (χ4n) is 1.89. The van der Waals surface area contributed by atoms with Gasteiger partial charge in [-0.25, -0.2) is 0 Å². The molecule has 0 aromatic rings. The van der Waals surface area contributed by atoms with Gasteiger partial charge in [0.15, 0.2) is 0 Å². The molecule has 0 aromatic carbocycles. The molecule has 88 valence electrons. The van der Waals surface area contributed by atoms with Gasteiger partial charge in [0.1, 0.15) is 0 Å². The lowest BCUT2D eigenvalue weighted by atomic mass is 9.82. The molecule has 0 radical (unpaired) electrons. The Morgan fingerprint density at radius 1 is 1.33 bits per heavy atom. The topological polar surface area (TPSA) is 43.8 Å². The summed E-state index contributed by atoms with van der Waals surface area (Å²) in [5.74, 6) is 0.801. The highest BCUT2D eigenvalue weighted by atomic mass is 16.3. The first-order valence-electron chi connectivity index (χ1n) is 5.55. The van der Waals surface area contributed by atoms with Crippen LogP contribution in [0.3, 0.4) is 0 Å². The van der Waals surface area contributed by atoms with Gasteiger partial charge >= 0.3 is 0 Å². The van der Waals surface area contributed by atoms with Gasteiger partial charge in [-0.1, -0.05) is 0 Å². The third-order valence-corrected chi connectivity index (χ3v) is 2.99. The largest absolute Gasteiger partial charge is 0.393 e. The maximum atomic E-state index is 11.3. The van der Waals surface area contributed by atoms with Crippen molar-refractivity contribution >= 4 is 5.91 Å². The smallest absolute Gasteiger partial charge is 0.223 e. The van der Waals surface area contributed by atoms with E-state index in [1.807, 2.05) is 7.05 Å². The fraction of sp³-hybridized carbons (Fsp3) is 0.909. The van der Waals surface area contributed by atoms with E-state index >= 15 is 0 Å². The van der Waals surface area contributed by atoms with Crippen LogP contribution in [0.2, 0.25) is 0 Å². The summed E-state index contributed by atoms with van der Waals surface area (Å²) in [6.45, 7) is 1.81. The fourth-order valence-corrected chi connectivity index (χ4v) is 1.89. The number of hydrogen-bond donors (Lipinski definition) is 1. The van der Waals surface area contributed by atoms with Crippen LogP contribution in [-0.2, 0) is 4.79 Å². The minimum absolute atomic E-state index is 0.0770. The monoisotopic (exact) mass is 214 g/mol. The summed E-state index contributed by atoms with van der Waals surface area (Å²) in [6.07, 6.45) is 2.35. The molecule has 4 heteroatoms. The van der Waals surface area contributed by atoms with Gasteiger partial charge in [0.05, 0.1) is 6.10 Å². The lowest BCUT2D eigenvalue weighted by Gasteiger charge is -2.34. The summed E-state index contributed by atoms with van der Waals surface area (Å²) in [6, 6.07) is 0. The van der Waals surface area contributed by atoms with Crippen LogP contribution < -0.4 is 0 Å². The van der Waals surface area contributed by atoms with Gasteiger partial charge in [-0.2, -0.15) is 0 Å². The summed E-state index contributed by atoms with van der Waals surface area (Å²) < 4.78 is 0. The first kappa shape index (κ1) is 12.5. The molecule has 1 amide bonds. The van der Waals surface area contributed by atoms with Gasteiger partial charge in [0, 0.05) is 33.6 Å². The van der Waals surface area contributed by atoms with E-state index in [0.717, 1.165) is 25.9 Å². The number of amides is 1. The molecule has 0 aliphatic heterocycles. The Labute approximate surface area is 91.9 Å². The number of hydrogen-bond acceptors (Lipinski definition) is 3. The summed E-state index contributed by atoms with van der Waals surface area (Å²) in [5.41, 5.74) is 0. The number of aliphatic hydroxyl groups is 1. The molecular weight excluding hydrogens is 192 g/mol. The van der Waals surface area contributed by atoms with Gasteiger partial charge in [0.25, 0.3) is 0 Å². The molecule has 1 saturated carbocycles. The highest BCUT2D eigenvalue weighted by Gasteiger charge is 2.27. The third-order valence-electron chi connectivity index (χ3n) is 2.99. The second-order valence-electron chi connectivity index (χ2n) is 4.79. The number of nitrogens with zero attached hydrogens (tertiary/aromatic N) is 2. The summed E-state index contributed by atoms with van der Waals surface area (Å²) >= 11 is 0. The van der Waals surface area contributed by atoms with Crippen molar-refractivity contribution in [3.05, 3.63) is 0 Å². The first-order chi connectivity index (χ1) is 6.99. The van der Waals surface area contributed by atoms with Crippen molar-refractivity contribution in [3.8, 4) is 0 Å². The Kier molecular flexibility index (Phi) is 4.54. The molecule has 0 aromatic heterocycles. The zero-order valence-corrected chi connectivity index (χ0v) is 9.94. The van der Waals surface area contributed by atoms with Gasteiger partial charge in [-0.15, -0.1) is 0 Å². The van der Waals surface area contributed by atoms with Crippen LogP contribution in [0.1, 0.15) is 19.3 Å². The average Bonchev–Trinajstić information content (AvgIpc) is 2.11. The maximum Gasteiger partial charge on any atom is 0.223 e. The minimum atomic E-state index is -0.0770. The molecular formula is C11H22N2O2. The number of carbonyl (C=O) groups excluding carboxylic acids is 1. The van der Waals surface area contributed by atoms with Crippen molar-refractivity contribution in [2.24, 2.45) is 5.92 Å². The van der Waals surface area contributed by atoms with Gasteiger partial charge in [-0.3, -0.25) is 4.79 Å². The first-order valence-corrected chi connectivity index (χ1v) is 5.55. The summed E-state index contributed by atoms with van der Waals surface area (Å²) in [5, 5.41) is 9.14. The van der Waals surface area contributed by atoms with Gasteiger partial charge in [-0.05, 0) is 25.8 Å². The van der Waals surface area contributed by atoms with E-state index < -0.39 is 0 Å². The Hall–Kier alpha value is -0.610. The molecule has 1 rings (SSSR count). The molecule has 0 unspecified atom stereocenters.